The largest absolute Gasteiger partial charge is 0.390 e. The molecule has 1 aromatic rings. The van der Waals surface area contributed by atoms with Crippen LogP contribution in [0.3, 0.4) is 0 Å². The fourth-order valence-electron chi connectivity index (χ4n) is 4.02. The molecule has 1 aliphatic carbocycles. The molecule has 1 atom stereocenters. The molecule has 2 aliphatic rings. The highest BCUT2D eigenvalue weighted by molar-refractivity contribution is 5.94. The van der Waals surface area contributed by atoms with Crippen LogP contribution in [0.4, 0.5) is 4.79 Å². The number of carbonyl (C=O) groups is 2. The van der Waals surface area contributed by atoms with Crippen molar-refractivity contribution in [2.75, 3.05) is 6.54 Å². The number of carbonyl (C=O) groups excluding carboxylic acids is 2. The van der Waals surface area contributed by atoms with Gasteiger partial charge in [-0.1, -0.05) is 0 Å². The van der Waals surface area contributed by atoms with Crippen LogP contribution in [0.25, 0.3) is 0 Å². The Bertz CT molecular complexity index is 627. The van der Waals surface area contributed by atoms with E-state index in [1.54, 1.807) is 11.0 Å². The van der Waals surface area contributed by atoms with Crippen LogP contribution in [0.15, 0.2) is 12.3 Å². The highest BCUT2D eigenvalue weighted by Gasteiger charge is 2.41. The molecule has 3 rings (SSSR count). The summed E-state index contributed by atoms with van der Waals surface area (Å²) in [6.45, 7) is 2.97. The third-order valence-corrected chi connectivity index (χ3v) is 5.31. The summed E-state index contributed by atoms with van der Waals surface area (Å²) in [7, 11) is 0. The third kappa shape index (κ3) is 2.81. The summed E-state index contributed by atoms with van der Waals surface area (Å²) in [6.07, 6.45) is 4.76. The Morgan fingerprint density at radius 3 is 2.48 bits per heavy atom. The molecule has 1 aromatic heterocycles. The van der Waals surface area contributed by atoms with Gasteiger partial charge >= 0.3 is 6.03 Å². The van der Waals surface area contributed by atoms with Crippen LogP contribution in [-0.2, 0) is 6.54 Å². The van der Waals surface area contributed by atoms with Gasteiger partial charge in [-0.2, -0.15) is 0 Å². The SMILES string of the molecule is CC1(O)CCC(C2c3c(C(N)=O)ccn3CCN2C(N)=O)CC1. The van der Waals surface area contributed by atoms with Crippen LogP contribution >= 0.6 is 0 Å². The topological polar surface area (TPSA) is 115 Å². The molecule has 1 saturated carbocycles. The molecule has 7 heteroatoms. The van der Waals surface area contributed by atoms with Gasteiger partial charge in [-0.25, -0.2) is 4.79 Å². The summed E-state index contributed by atoms with van der Waals surface area (Å²) < 4.78 is 2.00. The molecule has 1 unspecified atom stereocenters. The highest BCUT2D eigenvalue weighted by Crippen LogP contribution is 2.43. The number of nitrogens with two attached hydrogens (primary N) is 2. The molecule has 7 nitrogen and oxygen atoms in total. The third-order valence-electron chi connectivity index (χ3n) is 5.31. The lowest BCUT2D eigenvalue weighted by molar-refractivity contribution is -0.00845. The molecule has 1 fully saturated rings. The predicted molar refractivity (Wildman–Crippen MR) is 84.6 cm³/mol. The molecule has 1 aliphatic heterocycles. The maximum atomic E-state index is 11.9. The molecule has 126 valence electrons. The molecular formula is C16H24N4O3. The number of nitrogens with zero attached hydrogens (tertiary/aromatic N) is 2. The number of urea groups is 1. The average Bonchev–Trinajstić information content (AvgIpc) is 2.90. The second-order valence-electron chi connectivity index (χ2n) is 6.98. The average molecular weight is 320 g/mol. The second-order valence-corrected chi connectivity index (χ2v) is 6.98. The van der Waals surface area contributed by atoms with Gasteiger partial charge in [0.25, 0.3) is 5.91 Å². The van der Waals surface area contributed by atoms with Gasteiger partial charge in [0.2, 0.25) is 0 Å². The first-order valence-electron chi connectivity index (χ1n) is 8.07. The molecule has 2 heterocycles. The summed E-state index contributed by atoms with van der Waals surface area (Å²) >= 11 is 0. The van der Waals surface area contributed by atoms with E-state index in [1.807, 2.05) is 17.7 Å². The fourth-order valence-corrected chi connectivity index (χ4v) is 4.02. The van der Waals surface area contributed by atoms with Crippen LogP contribution in [0.1, 0.15) is 54.7 Å². The zero-order valence-corrected chi connectivity index (χ0v) is 13.4. The van der Waals surface area contributed by atoms with E-state index in [0.29, 0.717) is 31.5 Å². The van der Waals surface area contributed by atoms with Gasteiger partial charge in [0, 0.05) is 19.3 Å². The maximum Gasteiger partial charge on any atom is 0.315 e. The lowest BCUT2D eigenvalue weighted by Crippen LogP contribution is -2.49. The number of rotatable bonds is 2. The standard InChI is InChI=1S/C16H24N4O3/c1-16(23)5-2-10(3-6-16)12-13-11(14(17)21)4-7-19(13)8-9-20(12)15(18)22/h4,7,10,12,23H,2-3,5-6,8-9H2,1H3,(H2,17,21)(H2,18,22). The molecule has 0 bridgehead atoms. The summed E-state index contributed by atoms with van der Waals surface area (Å²) in [4.78, 5) is 25.3. The summed E-state index contributed by atoms with van der Waals surface area (Å²) in [5, 5.41) is 10.2. The Labute approximate surface area is 135 Å². The Kier molecular flexibility index (Phi) is 3.83. The van der Waals surface area contributed by atoms with Crippen molar-refractivity contribution in [3.05, 3.63) is 23.5 Å². The van der Waals surface area contributed by atoms with E-state index in [4.69, 9.17) is 11.5 Å². The Morgan fingerprint density at radius 2 is 1.91 bits per heavy atom. The molecule has 5 N–H and O–H groups in total. The maximum absolute atomic E-state index is 11.9. The Hall–Kier alpha value is -2.02. The van der Waals surface area contributed by atoms with Gasteiger partial charge in [-0.15, -0.1) is 0 Å². The fraction of sp³-hybridized carbons (Fsp3) is 0.625. The van der Waals surface area contributed by atoms with E-state index in [2.05, 4.69) is 0 Å². The molecule has 0 radical (unpaired) electrons. The Balaban J connectivity index is 1.99. The lowest BCUT2D eigenvalue weighted by atomic mass is 9.75. The summed E-state index contributed by atoms with van der Waals surface area (Å²) in [5.41, 5.74) is 11.7. The molecular weight excluding hydrogens is 296 g/mol. The van der Waals surface area contributed by atoms with E-state index in [0.717, 1.165) is 18.5 Å². The van der Waals surface area contributed by atoms with Crippen molar-refractivity contribution in [2.24, 2.45) is 17.4 Å². The first kappa shape index (κ1) is 15.9. The second kappa shape index (κ2) is 5.56. The molecule has 3 amide bonds. The van der Waals surface area contributed by atoms with Crippen molar-refractivity contribution >= 4 is 11.9 Å². The zero-order valence-electron chi connectivity index (χ0n) is 13.4. The Morgan fingerprint density at radius 1 is 1.26 bits per heavy atom. The predicted octanol–water partition coefficient (Wildman–Crippen LogP) is 0.964. The minimum absolute atomic E-state index is 0.162. The molecule has 0 saturated heterocycles. The number of primary amides is 2. The number of hydrogen-bond donors (Lipinski definition) is 3. The zero-order chi connectivity index (χ0) is 16.8. The quantitative estimate of drug-likeness (QED) is 0.754. The number of aliphatic hydroxyl groups is 1. The lowest BCUT2D eigenvalue weighted by Gasteiger charge is -2.44. The normalized spacial score (nSPS) is 30.8. The van der Waals surface area contributed by atoms with Crippen molar-refractivity contribution in [1.29, 1.82) is 0 Å². The van der Waals surface area contributed by atoms with E-state index in [-0.39, 0.29) is 12.0 Å². The van der Waals surface area contributed by atoms with Gasteiger partial charge in [-0.05, 0) is 44.6 Å². The van der Waals surface area contributed by atoms with Gasteiger partial charge in [-0.3, -0.25) is 4.79 Å². The van der Waals surface area contributed by atoms with E-state index < -0.39 is 17.5 Å². The van der Waals surface area contributed by atoms with Gasteiger partial charge < -0.3 is 26.0 Å². The van der Waals surface area contributed by atoms with Crippen molar-refractivity contribution in [3.8, 4) is 0 Å². The van der Waals surface area contributed by atoms with Crippen molar-refractivity contribution < 1.29 is 14.7 Å². The summed E-state index contributed by atoms with van der Waals surface area (Å²) in [6, 6.07) is 0.985. The van der Waals surface area contributed by atoms with Crippen molar-refractivity contribution in [2.45, 2.75) is 50.8 Å². The van der Waals surface area contributed by atoms with E-state index in [9.17, 15) is 14.7 Å². The number of amides is 3. The minimum atomic E-state index is -0.656. The van der Waals surface area contributed by atoms with Gasteiger partial charge in [0.1, 0.15) is 0 Å². The molecule has 23 heavy (non-hydrogen) atoms. The summed E-state index contributed by atoms with van der Waals surface area (Å²) in [5.74, 6) is -0.326. The molecule has 0 aromatic carbocycles. The van der Waals surface area contributed by atoms with E-state index >= 15 is 0 Å². The van der Waals surface area contributed by atoms with Crippen LogP contribution in [0, 0.1) is 5.92 Å². The van der Waals surface area contributed by atoms with E-state index in [1.165, 1.54) is 0 Å². The van der Waals surface area contributed by atoms with Crippen LogP contribution < -0.4 is 11.5 Å². The van der Waals surface area contributed by atoms with Crippen molar-refractivity contribution in [3.63, 3.8) is 0 Å². The monoisotopic (exact) mass is 320 g/mol. The van der Waals surface area contributed by atoms with Crippen LogP contribution in [0.2, 0.25) is 0 Å². The number of aromatic nitrogens is 1. The minimum Gasteiger partial charge on any atom is -0.390 e. The van der Waals surface area contributed by atoms with Crippen LogP contribution in [-0.4, -0.2) is 38.7 Å². The first-order valence-corrected chi connectivity index (χ1v) is 8.07. The number of hydrogen-bond acceptors (Lipinski definition) is 3. The number of fused-ring (bicyclic) bond motifs is 1. The van der Waals surface area contributed by atoms with Gasteiger partial charge in [0.15, 0.2) is 0 Å². The smallest absolute Gasteiger partial charge is 0.315 e. The highest BCUT2D eigenvalue weighted by atomic mass is 16.3. The van der Waals surface area contributed by atoms with Crippen LogP contribution in [0.5, 0.6) is 0 Å². The van der Waals surface area contributed by atoms with Gasteiger partial charge in [0.05, 0.1) is 22.9 Å². The van der Waals surface area contributed by atoms with Crippen molar-refractivity contribution in [1.82, 2.24) is 9.47 Å². The molecule has 0 spiro atoms. The first-order chi connectivity index (χ1) is 10.8.